The summed E-state index contributed by atoms with van der Waals surface area (Å²) < 4.78 is 20.2. The van der Waals surface area contributed by atoms with Gasteiger partial charge in [-0.1, -0.05) is 18.2 Å². The fourth-order valence-corrected chi connectivity index (χ4v) is 2.33. The highest BCUT2D eigenvalue weighted by Gasteiger charge is 2.44. The Bertz CT molecular complexity index is 512. The Labute approximate surface area is 118 Å². The van der Waals surface area contributed by atoms with Gasteiger partial charge in [0.15, 0.2) is 5.67 Å². The van der Waals surface area contributed by atoms with Crippen LogP contribution in [0.25, 0.3) is 0 Å². The van der Waals surface area contributed by atoms with Crippen molar-refractivity contribution in [3.05, 3.63) is 29.8 Å². The minimum absolute atomic E-state index is 0.0824. The lowest BCUT2D eigenvalue weighted by atomic mass is 9.94. The number of para-hydroxylation sites is 1. The average Bonchev–Trinajstić information content (AvgIpc) is 2.71. The van der Waals surface area contributed by atoms with E-state index in [0.29, 0.717) is 0 Å². The van der Waals surface area contributed by atoms with Gasteiger partial charge < -0.3 is 14.7 Å². The predicted molar refractivity (Wildman–Crippen MR) is 73.3 cm³/mol. The molecule has 4 nitrogen and oxygen atoms in total. The fourth-order valence-electron chi connectivity index (χ4n) is 2.33. The van der Waals surface area contributed by atoms with Crippen molar-refractivity contribution in [1.29, 1.82) is 0 Å². The van der Waals surface area contributed by atoms with Gasteiger partial charge in [0.2, 0.25) is 0 Å². The van der Waals surface area contributed by atoms with E-state index in [2.05, 4.69) is 0 Å². The van der Waals surface area contributed by atoms with Crippen LogP contribution in [0, 0.1) is 0 Å². The molecule has 0 bridgehead atoms. The van der Waals surface area contributed by atoms with Crippen LogP contribution in [-0.4, -0.2) is 34.8 Å². The number of halogens is 1. The molecular weight excluding hydrogens is 261 g/mol. The maximum absolute atomic E-state index is 14.9. The summed E-state index contributed by atoms with van der Waals surface area (Å²) >= 11 is 0. The number of aromatic hydroxyl groups is 1. The topological polar surface area (TPSA) is 49.8 Å². The number of amides is 1. The lowest BCUT2D eigenvalue weighted by Gasteiger charge is -2.25. The number of likely N-dealkylation sites (tertiary alicyclic amines) is 1. The van der Waals surface area contributed by atoms with E-state index in [1.165, 1.54) is 11.0 Å². The van der Waals surface area contributed by atoms with Gasteiger partial charge in [0.25, 0.3) is 0 Å². The zero-order valence-corrected chi connectivity index (χ0v) is 12.0. The Hall–Kier alpha value is -1.78. The zero-order chi connectivity index (χ0) is 15.0. The SMILES string of the molecule is CC(C)(C)OC(=O)N1CCC(F)(c2ccccc2O)C1. The highest BCUT2D eigenvalue weighted by molar-refractivity contribution is 5.69. The third-order valence-electron chi connectivity index (χ3n) is 3.26. The maximum Gasteiger partial charge on any atom is 0.410 e. The number of phenolic OH excluding ortho intramolecular Hbond substituents is 1. The zero-order valence-electron chi connectivity index (χ0n) is 12.0. The number of hydrogen-bond acceptors (Lipinski definition) is 3. The molecule has 0 spiro atoms. The van der Waals surface area contributed by atoms with Gasteiger partial charge in [0.1, 0.15) is 11.4 Å². The van der Waals surface area contributed by atoms with Crippen molar-refractivity contribution in [2.45, 2.75) is 38.5 Å². The summed E-state index contributed by atoms with van der Waals surface area (Å²) in [7, 11) is 0. The van der Waals surface area contributed by atoms with Crippen molar-refractivity contribution in [3.8, 4) is 5.75 Å². The predicted octanol–water partition coefficient (Wildman–Crippen LogP) is 3.20. The van der Waals surface area contributed by atoms with Gasteiger partial charge in [-0.25, -0.2) is 9.18 Å². The Morgan fingerprint density at radius 2 is 2.05 bits per heavy atom. The van der Waals surface area contributed by atoms with Gasteiger partial charge in [-0.3, -0.25) is 0 Å². The van der Waals surface area contributed by atoms with E-state index in [0.717, 1.165) is 0 Å². The minimum atomic E-state index is -1.72. The van der Waals surface area contributed by atoms with Crippen molar-refractivity contribution < 1.29 is 19.0 Å². The molecule has 1 aliphatic rings. The number of alkyl halides is 1. The van der Waals surface area contributed by atoms with Gasteiger partial charge in [-0.15, -0.1) is 0 Å². The molecule has 0 radical (unpaired) electrons. The van der Waals surface area contributed by atoms with E-state index in [1.807, 2.05) is 0 Å². The molecule has 1 saturated heterocycles. The van der Waals surface area contributed by atoms with Crippen LogP contribution in [0.5, 0.6) is 5.75 Å². The highest BCUT2D eigenvalue weighted by Crippen LogP contribution is 2.40. The molecule has 1 heterocycles. The molecule has 1 amide bonds. The molecule has 0 saturated carbocycles. The van der Waals surface area contributed by atoms with E-state index in [4.69, 9.17) is 4.74 Å². The van der Waals surface area contributed by atoms with Crippen LogP contribution in [0.4, 0.5) is 9.18 Å². The number of carbonyl (C=O) groups excluding carboxylic acids is 1. The second-order valence-electron chi connectivity index (χ2n) is 6.13. The summed E-state index contributed by atoms with van der Waals surface area (Å²) in [6.45, 7) is 5.49. The summed E-state index contributed by atoms with van der Waals surface area (Å²) in [5, 5.41) is 9.77. The lowest BCUT2D eigenvalue weighted by molar-refractivity contribution is 0.0256. The second kappa shape index (κ2) is 4.96. The molecule has 2 rings (SSSR count). The smallest absolute Gasteiger partial charge is 0.410 e. The van der Waals surface area contributed by atoms with Gasteiger partial charge in [-0.2, -0.15) is 0 Å². The molecular formula is C15H20FNO3. The number of rotatable bonds is 1. The van der Waals surface area contributed by atoms with Crippen molar-refractivity contribution in [2.75, 3.05) is 13.1 Å². The van der Waals surface area contributed by atoms with Gasteiger partial charge in [0, 0.05) is 18.5 Å². The van der Waals surface area contributed by atoms with Crippen LogP contribution in [0.3, 0.4) is 0 Å². The fraction of sp³-hybridized carbons (Fsp3) is 0.533. The maximum atomic E-state index is 14.9. The number of carbonyl (C=O) groups is 1. The minimum Gasteiger partial charge on any atom is -0.508 e. The number of ether oxygens (including phenoxy) is 1. The lowest BCUT2D eigenvalue weighted by Crippen LogP contribution is -2.37. The van der Waals surface area contributed by atoms with Crippen LogP contribution in [0.2, 0.25) is 0 Å². The third kappa shape index (κ3) is 3.03. The summed E-state index contributed by atoms with van der Waals surface area (Å²) in [5.41, 5.74) is -2.10. The highest BCUT2D eigenvalue weighted by atomic mass is 19.1. The number of nitrogens with zero attached hydrogens (tertiary/aromatic N) is 1. The second-order valence-corrected chi connectivity index (χ2v) is 6.13. The first-order chi connectivity index (χ1) is 9.21. The van der Waals surface area contributed by atoms with Crippen LogP contribution >= 0.6 is 0 Å². The molecule has 110 valence electrons. The first-order valence-electron chi connectivity index (χ1n) is 6.67. The number of hydrogen-bond donors (Lipinski definition) is 1. The molecule has 5 heteroatoms. The summed E-state index contributed by atoms with van der Waals surface area (Å²) in [5.74, 6) is -0.0824. The molecule has 1 aliphatic heterocycles. The largest absolute Gasteiger partial charge is 0.508 e. The van der Waals surface area contributed by atoms with Crippen molar-refractivity contribution in [1.82, 2.24) is 4.90 Å². The van der Waals surface area contributed by atoms with Crippen LogP contribution in [0.1, 0.15) is 32.8 Å². The van der Waals surface area contributed by atoms with E-state index in [9.17, 15) is 14.3 Å². The summed E-state index contributed by atoms with van der Waals surface area (Å²) in [6, 6.07) is 6.32. The molecule has 1 fully saturated rings. The monoisotopic (exact) mass is 281 g/mol. The molecule has 20 heavy (non-hydrogen) atoms. The Morgan fingerprint density at radius 1 is 1.40 bits per heavy atom. The molecule has 1 atom stereocenters. The van der Waals surface area contributed by atoms with Gasteiger partial charge in [-0.05, 0) is 26.8 Å². The van der Waals surface area contributed by atoms with Crippen molar-refractivity contribution in [2.24, 2.45) is 0 Å². The first kappa shape index (κ1) is 14.6. The van der Waals surface area contributed by atoms with E-state index in [1.54, 1.807) is 39.0 Å². The van der Waals surface area contributed by atoms with Gasteiger partial charge in [0.05, 0.1) is 6.54 Å². The Morgan fingerprint density at radius 3 is 2.65 bits per heavy atom. The molecule has 1 aromatic carbocycles. The van der Waals surface area contributed by atoms with E-state index >= 15 is 0 Å². The molecule has 0 aliphatic carbocycles. The van der Waals surface area contributed by atoms with E-state index < -0.39 is 17.4 Å². The normalized spacial score (nSPS) is 22.9. The van der Waals surface area contributed by atoms with Gasteiger partial charge >= 0.3 is 6.09 Å². The van der Waals surface area contributed by atoms with E-state index in [-0.39, 0.29) is 30.8 Å². The van der Waals surface area contributed by atoms with Crippen LogP contribution in [-0.2, 0) is 10.4 Å². The third-order valence-corrected chi connectivity index (χ3v) is 3.26. The number of phenols is 1. The van der Waals surface area contributed by atoms with Crippen molar-refractivity contribution >= 4 is 6.09 Å². The number of benzene rings is 1. The summed E-state index contributed by atoms with van der Waals surface area (Å²) in [6.07, 6.45) is -0.364. The van der Waals surface area contributed by atoms with Crippen LogP contribution < -0.4 is 0 Å². The summed E-state index contributed by atoms with van der Waals surface area (Å²) in [4.78, 5) is 13.3. The molecule has 1 unspecified atom stereocenters. The quantitative estimate of drug-likeness (QED) is 0.860. The Balaban J connectivity index is 2.12. The standard InChI is InChI=1S/C15H20FNO3/c1-14(2,3)20-13(19)17-9-8-15(16,10-17)11-6-4-5-7-12(11)18/h4-7,18H,8-10H2,1-3H3. The van der Waals surface area contributed by atoms with Crippen molar-refractivity contribution in [3.63, 3.8) is 0 Å². The molecule has 0 aromatic heterocycles. The molecule has 1 N–H and O–H groups in total. The molecule has 1 aromatic rings. The first-order valence-corrected chi connectivity index (χ1v) is 6.67. The Kier molecular flexibility index (Phi) is 3.63. The van der Waals surface area contributed by atoms with Crippen LogP contribution in [0.15, 0.2) is 24.3 Å². The average molecular weight is 281 g/mol.